The van der Waals surface area contributed by atoms with Crippen molar-refractivity contribution in [2.24, 2.45) is 0 Å². The Morgan fingerprint density at radius 3 is 2.70 bits per heavy atom. The molecule has 3 aromatic rings. The fourth-order valence-electron chi connectivity index (χ4n) is 3.97. The normalized spacial score (nSPS) is 21.8. The molecule has 6 heteroatoms. The lowest BCUT2D eigenvalue weighted by Crippen LogP contribution is -2.35. The average molecular weight is 386 g/mol. The third-order valence-corrected chi connectivity index (χ3v) is 6.76. The van der Waals surface area contributed by atoms with E-state index in [1.54, 1.807) is 17.7 Å². The molecular weight excluding hydrogens is 358 g/mol. The number of hydrogen-bond donors (Lipinski definition) is 1. The zero-order valence-electron chi connectivity index (χ0n) is 16.2. The van der Waals surface area contributed by atoms with E-state index in [1.165, 1.54) is 0 Å². The number of thiophene rings is 1. The molecule has 1 N–H and O–H groups in total. The Morgan fingerprint density at radius 1 is 1.22 bits per heavy atom. The lowest BCUT2D eigenvalue weighted by Gasteiger charge is -2.32. The van der Waals surface area contributed by atoms with Crippen molar-refractivity contribution in [1.82, 2.24) is 14.9 Å². The largest absolute Gasteiger partial charge is 0.474 e. The topological polar surface area (TPSA) is 58.5 Å². The molecule has 1 fully saturated rings. The Bertz CT molecular complexity index is 932. The van der Waals surface area contributed by atoms with Gasteiger partial charge in [0, 0.05) is 16.1 Å². The minimum atomic E-state index is -0.445. The van der Waals surface area contributed by atoms with Gasteiger partial charge in [0.2, 0.25) is 5.88 Å². The second-order valence-electron chi connectivity index (χ2n) is 7.65. The number of fused-ring (bicyclic) bond motifs is 3. The van der Waals surface area contributed by atoms with E-state index < -0.39 is 6.10 Å². The van der Waals surface area contributed by atoms with Crippen LogP contribution in [0.5, 0.6) is 5.88 Å². The number of nitrogens with zero attached hydrogens (tertiary/aromatic N) is 3. The molecule has 0 radical (unpaired) electrons. The number of aliphatic hydroxyl groups excluding tert-OH is 1. The number of aromatic nitrogens is 2. The minimum absolute atomic E-state index is 0.207. The predicted molar refractivity (Wildman–Crippen MR) is 111 cm³/mol. The fraction of sp³-hybridized carbons (Fsp3) is 0.524. The summed E-state index contributed by atoms with van der Waals surface area (Å²) >= 11 is 1.65. The van der Waals surface area contributed by atoms with Gasteiger partial charge in [-0.3, -0.25) is 0 Å². The molecule has 0 aliphatic heterocycles. The lowest BCUT2D eigenvalue weighted by molar-refractivity contribution is 0.108. The molecule has 5 nitrogen and oxygen atoms in total. The van der Waals surface area contributed by atoms with Gasteiger partial charge >= 0.3 is 0 Å². The van der Waals surface area contributed by atoms with E-state index in [4.69, 9.17) is 4.74 Å². The van der Waals surface area contributed by atoms with Crippen molar-refractivity contribution in [2.45, 2.75) is 57.3 Å². The van der Waals surface area contributed by atoms with E-state index in [1.807, 2.05) is 13.0 Å². The van der Waals surface area contributed by atoms with Crippen LogP contribution in [0.4, 0.5) is 0 Å². The summed E-state index contributed by atoms with van der Waals surface area (Å²) in [7, 11) is 4.30. The molecule has 0 bridgehead atoms. The lowest BCUT2D eigenvalue weighted by atomic mass is 9.92. The van der Waals surface area contributed by atoms with Gasteiger partial charge in [0.05, 0.1) is 11.5 Å². The van der Waals surface area contributed by atoms with E-state index in [0.29, 0.717) is 18.3 Å². The molecule has 0 amide bonds. The smallest absolute Gasteiger partial charge is 0.226 e. The highest BCUT2D eigenvalue weighted by Gasteiger charge is 2.25. The Hall–Kier alpha value is -1.76. The van der Waals surface area contributed by atoms with Gasteiger partial charge in [0.15, 0.2) is 0 Å². The first-order valence-corrected chi connectivity index (χ1v) is 10.6. The molecule has 2 heterocycles. The molecule has 144 valence electrons. The van der Waals surface area contributed by atoms with E-state index in [2.05, 4.69) is 41.1 Å². The Kier molecular flexibility index (Phi) is 5.30. The van der Waals surface area contributed by atoms with Gasteiger partial charge in [0.25, 0.3) is 0 Å². The molecule has 0 unspecified atom stereocenters. The van der Waals surface area contributed by atoms with Gasteiger partial charge in [-0.1, -0.05) is 13.0 Å². The highest BCUT2D eigenvalue weighted by Crippen LogP contribution is 2.39. The molecule has 1 aliphatic rings. The SMILES string of the molecule is CC[C@H](O)c1ccc2sc3ncnc(OC4CCC(N(C)C)CC4)c3c2c1. The molecule has 1 aromatic carbocycles. The van der Waals surface area contributed by atoms with E-state index >= 15 is 0 Å². The molecule has 27 heavy (non-hydrogen) atoms. The summed E-state index contributed by atoms with van der Waals surface area (Å²) in [5, 5.41) is 12.3. The Morgan fingerprint density at radius 2 is 2.00 bits per heavy atom. The number of rotatable bonds is 5. The van der Waals surface area contributed by atoms with Gasteiger partial charge in [-0.15, -0.1) is 11.3 Å². The molecule has 0 spiro atoms. The quantitative estimate of drug-likeness (QED) is 0.699. The summed E-state index contributed by atoms with van der Waals surface area (Å²) in [5.74, 6) is 0.683. The van der Waals surface area contributed by atoms with Crippen LogP contribution in [0.25, 0.3) is 20.3 Å². The molecule has 4 rings (SSSR count). The van der Waals surface area contributed by atoms with Crippen LogP contribution >= 0.6 is 11.3 Å². The monoisotopic (exact) mass is 385 g/mol. The summed E-state index contributed by atoms with van der Waals surface area (Å²) in [6.45, 7) is 1.99. The Labute approximate surface area is 164 Å². The number of benzene rings is 1. The maximum Gasteiger partial charge on any atom is 0.226 e. The van der Waals surface area contributed by atoms with Crippen LogP contribution in [-0.2, 0) is 0 Å². The van der Waals surface area contributed by atoms with Crippen LogP contribution in [0, 0.1) is 0 Å². The second kappa shape index (κ2) is 7.70. The molecule has 1 atom stereocenters. The standard InChI is InChI=1S/C21H27N3O2S/c1-4-17(25)13-5-10-18-16(11-13)19-20(22-12-23-21(19)27-18)26-15-8-6-14(7-9-15)24(2)3/h5,10-12,14-15,17,25H,4,6-9H2,1-3H3/t14?,15?,17-/m0/s1. The maximum absolute atomic E-state index is 10.2. The summed E-state index contributed by atoms with van der Waals surface area (Å²) < 4.78 is 7.52. The van der Waals surface area contributed by atoms with Crippen LogP contribution in [-0.4, -0.2) is 46.2 Å². The van der Waals surface area contributed by atoms with Crippen LogP contribution in [0.1, 0.15) is 50.7 Å². The third-order valence-electron chi connectivity index (χ3n) is 5.68. The first-order chi connectivity index (χ1) is 13.1. The van der Waals surface area contributed by atoms with Crippen LogP contribution in [0.15, 0.2) is 24.5 Å². The first-order valence-electron chi connectivity index (χ1n) is 9.75. The average Bonchev–Trinajstić information content (AvgIpc) is 3.06. The zero-order valence-corrected chi connectivity index (χ0v) is 17.0. The van der Waals surface area contributed by atoms with Gasteiger partial charge in [-0.25, -0.2) is 9.97 Å². The highest BCUT2D eigenvalue weighted by atomic mass is 32.1. The van der Waals surface area contributed by atoms with Crippen molar-refractivity contribution in [2.75, 3.05) is 14.1 Å². The number of ether oxygens (including phenoxy) is 1. The minimum Gasteiger partial charge on any atom is -0.474 e. The number of aliphatic hydroxyl groups is 1. The first kappa shape index (κ1) is 18.6. The van der Waals surface area contributed by atoms with Crippen LogP contribution < -0.4 is 4.74 Å². The van der Waals surface area contributed by atoms with Crippen molar-refractivity contribution in [1.29, 1.82) is 0 Å². The molecule has 1 saturated carbocycles. The zero-order chi connectivity index (χ0) is 19.0. The highest BCUT2D eigenvalue weighted by molar-refractivity contribution is 7.25. The van der Waals surface area contributed by atoms with Gasteiger partial charge in [-0.05, 0) is 63.9 Å². The van der Waals surface area contributed by atoms with Gasteiger partial charge in [0.1, 0.15) is 17.3 Å². The maximum atomic E-state index is 10.2. The summed E-state index contributed by atoms with van der Waals surface area (Å²) in [4.78, 5) is 12.2. The molecule has 1 aliphatic carbocycles. The van der Waals surface area contributed by atoms with Crippen molar-refractivity contribution in [3.05, 3.63) is 30.1 Å². The third kappa shape index (κ3) is 3.66. The van der Waals surface area contributed by atoms with Crippen molar-refractivity contribution in [3.8, 4) is 5.88 Å². The van der Waals surface area contributed by atoms with Gasteiger partial charge in [-0.2, -0.15) is 0 Å². The van der Waals surface area contributed by atoms with Gasteiger partial charge < -0.3 is 14.7 Å². The van der Waals surface area contributed by atoms with Crippen LogP contribution in [0.2, 0.25) is 0 Å². The second-order valence-corrected chi connectivity index (χ2v) is 8.68. The van der Waals surface area contributed by atoms with Crippen molar-refractivity contribution < 1.29 is 9.84 Å². The molecule has 2 aromatic heterocycles. The van der Waals surface area contributed by atoms with E-state index in [9.17, 15) is 5.11 Å². The fourth-order valence-corrected chi connectivity index (χ4v) is 4.98. The predicted octanol–water partition coefficient (Wildman–Crippen LogP) is 4.54. The van der Waals surface area contributed by atoms with Crippen molar-refractivity contribution in [3.63, 3.8) is 0 Å². The van der Waals surface area contributed by atoms with E-state index in [-0.39, 0.29) is 6.10 Å². The van der Waals surface area contributed by atoms with E-state index in [0.717, 1.165) is 51.5 Å². The van der Waals surface area contributed by atoms with Crippen LogP contribution in [0.3, 0.4) is 0 Å². The molecular formula is C21H27N3O2S. The summed E-state index contributed by atoms with van der Waals surface area (Å²) in [6.07, 6.45) is 6.47. The molecule has 0 saturated heterocycles. The summed E-state index contributed by atoms with van der Waals surface area (Å²) in [5.41, 5.74) is 0.936. The Balaban J connectivity index is 1.66. The number of hydrogen-bond acceptors (Lipinski definition) is 6. The van der Waals surface area contributed by atoms with Crippen molar-refractivity contribution >= 4 is 31.6 Å². The summed E-state index contributed by atoms with van der Waals surface area (Å²) in [6, 6.07) is 6.79.